The van der Waals surface area contributed by atoms with Gasteiger partial charge in [-0.1, -0.05) is 35.9 Å². The lowest BCUT2D eigenvalue weighted by atomic mass is 9.98. The highest BCUT2D eigenvalue weighted by atomic mass is 35.5. The Labute approximate surface area is 123 Å². The molecule has 1 heterocycles. The zero-order chi connectivity index (χ0) is 13.9. The molecule has 0 aliphatic carbocycles. The fourth-order valence-corrected chi connectivity index (χ4v) is 2.55. The molecule has 3 rings (SSSR count). The Balaban J connectivity index is 1.71. The second-order valence-electron chi connectivity index (χ2n) is 4.80. The van der Waals surface area contributed by atoms with Crippen LogP contribution in [0.1, 0.15) is 17.2 Å². The smallest absolute Gasteiger partial charge is 0.121 e. The predicted molar refractivity (Wildman–Crippen MR) is 80.2 cm³/mol. The molecule has 0 saturated heterocycles. The molecular weight excluding hydrogens is 274 g/mol. The molecule has 2 aromatic rings. The third-order valence-corrected chi connectivity index (χ3v) is 3.79. The maximum atomic E-state index is 5.98. The zero-order valence-corrected chi connectivity index (χ0v) is 11.8. The summed E-state index contributed by atoms with van der Waals surface area (Å²) in [6.07, 6.45) is 0.927. The average Bonchev–Trinajstić information content (AvgIpc) is 2.48. The number of anilines is 1. The monoisotopic (exact) mass is 289 g/mol. The SMILES string of the molecule is Nc1ccc(OCC2OCCc3ccccc32)cc1Cl. The van der Waals surface area contributed by atoms with Gasteiger partial charge in [-0.05, 0) is 29.7 Å². The van der Waals surface area contributed by atoms with Crippen molar-refractivity contribution in [3.8, 4) is 5.75 Å². The first kappa shape index (κ1) is 13.3. The van der Waals surface area contributed by atoms with Crippen molar-refractivity contribution in [3.05, 3.63) is 58.6 Å². The van der Waals surface area contributed by atoms with Gasteiger partial charge >= 0.3 is 0 Å². The van der Waals surface area contributed by atoms with Gasteiger partial charge in [0.25, 0.3) is 0 Å². The van der Waals surface area contributed by atoms with Crippen LogP contribution in [-0.2, 0) is 11.2 Å². The number of benzene rings is 2. The Hall–Kier alpha value is -1.71. The minimum absolute atomic E-state index is 0.0312. The van der Waals surface area contributed by atoms with E-state index in [4.69, 9.17) is 26.8 Å². The van der Waals surface area contributed by atoms with Gasteiger partial charge in [0, 0.05) is 6.07 Å². The Morgan fingerprint density at radius 1 is 1.25 bits per heavy atom. The van der Waals surface area contributed by atoms with Crippen LogP contribution < -0.4 is 10.5 Å². The van der Waals surface area contributed by atoms with Crippen LogP contribution in [0.2, 0.25) is 5.02 Å². The molecule has 1 atom stereocenters. The fourth-order valence-electron chi connectivity index (χ4n) is 2.38. The molecule has 3 nitrogen and oxygen atoms in total. The fraction of sp³-hybridized carbons (Fsp3) is 0.250. The van der Waals surface area contributed by atoms with Gasteiger partial charge in [-0.15, -0.1) is 0 Å². The third kappa shape index (κ3) is 2.74. The van der Waals surface area contributed by atoms with Gasteiger partial charge in [0.2, 0.25) is 0 Å². The lowest BCUT2D eigenvalue weighted by Crippen LogP contribution is -2.21. The molecule has 2 aromatic carbocycles. The third-order valence-electron chi connectivity index (χ3n) is 3.47. The Bertz CT molecular complexity index is 615. The van der Waals surface area contributed by atoms with E-state index in [1.807, 2.05) is 12.1 Å². The Morgan fingerprint density at radius 2 is 2.10 bits per heavy atom. The van der Waals surface area contributed by atoms with Gasteiger partial charge in [0.1, 0.15) is 18.5 Å². The standard InChI is InChI=1S/C16H16ClNO2/c17-14-9-12(5-6-15(14)18)20-10-16-13-4-2-1-3-11(13)7-8-19-16/h1-6,9,16H,7-8,10,18H2. The molecule has 2 N–H and O–H groups in total. The summed E-state index contributed by atoms with van der Waals surface area (Å²) in [5.41, 5.74) is 8.78. The van der Waals surface area contributed by atoms with Gasteiger partial charge in [0.05, 0.1) is 17.3 Å². The van der Waals surface area contributed by atoms with Crippen molar-refractivity contribution in [3.63, 3.8) is 0 Å². The molecule has 1 unspecified atom stereocenters. The van der Waals surface area contributed by atoms with Crippen LogP contribution in [0.4, 0.5) is 5.69 Å². The molecule has 0 radical (unpaired) electrons. The van der Waals surface area contributed by atoms with Crippen LogP contribution in [0.25, 0.3) is 0 Å². The maximum absolute atomic E-state index is 5.98. The van der Waals surface area contributed by atoms with Crippen molar-refractivity contribution >= 4 is 17.3 Å². The number of hydrogen-bond acceptors (Lipinski definition) is 3. The zero-order valence-electron chi connectivity index (χ0n) is 11.0. The first-order valence-corrected chi connectivity index (χ1v) is 6.99. The highest BCUT2D eigenvalue weighted by molar-refractivity contribution is 6.33. The Kier molecular flexibility index (Phi) is 3.81. The second kappa shape index (κ2) is 5.73. The molecule has 1 aliphatic heterocycles. The molecule has 0 fully saturated rings. The summed E-state index contributed by atoms with van der Waals surface area (Å²) in [5.74, 6) is 0.704. The van der Waals surface area contributed by atoms with Crippen LogP contribution in [0.5, 0.6) is 5.75 Å². The summed E-state index contributed by atoms with van der Waals surface area (Å²) in [7, 11) is 0. The summed E-state index contributed by atoms with van der Waals surface area (Å²) in [5, 5.41) is 0.507. The molecule has 4 heteroatoms. The van der Waals surface area contributed by atoms with Crippen molar-refractivity contribution < 1.29 is 9.47 Å². The van der Waals surface area contributed by atoms with E-state index >= 15 is 0 Å². The predicted octanol–water partition coefficient (Wildman–Crippen LogP) is 3.62. The first-order valence-electron chi connectivity index (χ1n) is 6.61. The number of hydrogen-bond donors (Lipinski definition) is 1. The quantitative estimate of drug-likeness (QED) is 0.878. The molecule has 0 spiro atoms. The number of nitrogens with two attached hydrogens (primary N) is 1. The minimum atomic E-state index is -0.0312. The van der Waals surface area contributed by atoms with E-state index in [2.05, 4.69) is 18.2 Å². The molecule has 0 aromatic heterocycles. The molecule has 20 heavy (non-hydrogen) atoms. The molecule has 0 saturated carbocycles. The van der Waals surface area contributed by atoms with E-state index in [1.165, 1.54) is 11.1 Å². The average molecular weight is 290 g/mol. The number of fused-ring (bicyclic) bond motifs is 1. The van der Waals surface area contributed by atoms with E-state index in [-0.39, 0.29) is 6.10 Å². The highest BCUT2D eigenvalue weighted by Gasteiger charge is 2.20. The van der Waals surface area contributed by atoms with Crippen molar-refractivity contribution in [1.82, 2.24) is 0 Å². The van der Waals surface area contributed by atoms with Crippen molar-refractivity contribution in [2.24, 2.45) is 0 Å². The number of halogens is 1. The van der Waals surface area contributed by atoms with Crippen LogP contribution in [-0.4, -0.2) is 13.2 Å². The lowest BCUT2D eigenvalue weighted by molar-refractivity contribution is 0.0102. The van der Waals surface area contributed by atoms with Gasteiger partial charge < -0.3 is 15.2 Å². The summed E-state index contributed by atoms with van der Waals surface area (Å²) in [6, 6.07) is 13.6. The van der Waals surface area contributed by atoms with E-state index < -0.39 is 0 Å². The molecule has 0 amide bonds. The molecular formula is C16H16ClNO2. The van der Waals surface area contributed by atoms with Crippen LogP contribution in [0.3, 0.4) is 0 Å². The molecule has 1 aliphatic rings. The summed E-state index contributed by atoms with van der Waals surface area (Å²) >= 11 is 5.98. The topological polar surface area (TPSA) is 44.5 Å². The van der Waals surface area contributed by atoms with Crippen molar-refractivity contribution in [2.75, 3.05) is 18.9 Å². The largest absolute Gasteiger partial charge is 0.490 e. The maximum Gasteiger partial charge on any atom is 0.121 e. The minimum Gasteiger partial charge on any atom is -0.490 e. The first-order chi connectivity index (χ1) is 9.74. The van der Waals surface area contributed by atoms with Gasteiger partial charge in [-0.25, -0.2) is 0 Å². The Morgan fingerprint density at radius 3 is 2.95 bits per heavy atom. The lowest BCUT2D eigenvalue weighted by Gasteiger charge is -2.26. The summed E-state index contributed by atoms with van der Waals surface area (Å²) in [4.78, 5) is 0. The van der Waals surface area contributed by atoms with Gasteiger partial charge in [-0.2, -0.15) is 0 Å². The van der Waals surface area contributed by atoms with Crippen LogP contribution in [0, 0.1) is 0 Å². The highest BCUT2D eigenvalue weighted by Crippen LogP contribution is 2.29. The van der Waals surface area contributed by atoms with Crippen LogP contribution in [0.15, 0.2) is 42.5 Å². The second-order valence-corrected chi connectivity index (χ2v) is 5.21. The van der Waals surface area contributed by atoms with Crippen molar-refractivity contribution in [2.45, 2.75) is 12.5 Å². The molecule has 104 valence electrons. The number of rotatable bonds is 3. The van der Waals surface area contributed by atoms with Gasteiger partial charge in [0.15, 0.2) is 0 Å². The summed E-state index contributed by atoms with van der Waals surface area (Å²) in [6.45, 7) is 1.20. The van der Waals surface area contributed by atoms with Gasteiger partial charge in [-0.3, -0.25) is 0 Å². The van der Waals surface area contributed by atoms with Crippen LogP contribution >= 0.6 is 11.6 Å². The van der Waals surface area contributed by atoms with E-state index in [0.29, 0.717) is 23.1 Å². The van der Waals surface area contributed by atoms with Crippen molar-refractivity contribution in [1.29, 1.82) is 0 Å². The number of nitrogen functional groups attached to an aromatic ring is 1. The van der Waals surface area contributed by atoms with E-state index in [1.54, 1.807) is 12.1 Å². The van der Waals surface area contributed by atoms with E-state index in [0.717, 1.165) is 13.0 Å². The van der Waals surface area contributed by atoms with E-state index in [9.17, 15) is 0 Å². The summed E-state index contributed by atoms with van der Waals surface area (Å²) < 4.78 is 11.6. The number of ether oxygens (including phenoxy) is 2. The normalized spacial score (nSPS) is 17.6. The molecule has 0 bridgehead atoms.